The normalized spacial score (nSPS) is 11.5. The zero-order chi connectivity index (χ0) is 18.9. The van der Waals surface area contributed by atoms with Crippen LogP contribution in [0.5, 0.6) is 5.75 Å². The summed E-state index contributed by atoms with van der Waals surface area (Å²) < 4.78 is 11.0. The molecule has 0 fully saturated rings. The van der Waals surface area contributed by atoms with Gasteiger partial charge in [0.25, 0.3) is 0 Å². The molecule has 0 saturated carbocycles. The molecule has 0 radical (unpaired) electrons. The number of aryl methyl sites for hydroxylation is 2. The number of benzene rings is 1. The first-order valence-corrected chi connectivity index (χ1v) is 9.33. The second-order valence-corrected chi connectivity index (χ2v) is 6.28. The van der Waals surface area contributed by atoms with Crippen LogP contribution in [0.15, 0.2) is 27.7 Å². The number of nitrogens with zero attached hydrogens (tertiary/aromatic N) is 2. The second-order valence-electron chi connectivity index (χ2n) is 5.49. The number of rotatable bonds is 8. The molecule has 0 bridgehead atoms. The Morgan fingerprint density at radius 2 is 2.04 bits per heavy atom. The number of ether oxygens (including phenoxy) is 1. The maximum atomic E-state index is 6.10. The van der Waals surface area contributed by atoms with Gasteiger partial charge in [-0.25, -0.2) is 0 Å². The highest BCUT2D eigenvalue weighted by molar-refractivity contribution is 6.42. The molecule has 8 heteroatoms. The van der Waals surface area contributed by atoms with E-state index in [1.807, 2.05) is 0 Å². The van der Waals surface area contributed by atoms with Crippen molar-refractivity contribution >= 4 is 29.2 Å². The first-order chi connectivity index (χ1) is 12.6. The molecule has 0 atom stereocenters. The van der Waals surface area contributed by atoms with Gasteiger partial charge in [-0.3, -0.25) is 4.99 Å². The average Bonchev–Trinajstić information content (AvgIpc) is 3.06. The maximum Gasteiger partial charge on any atom is 0.191 e. The van der Waals surface area contributed by atoms with Crippen LogP contribution in [0.2, 0.25) is 10.0 Å². The predicted molar refractivity (Wildman–Crippen MR) is 105 cm³/mol. The summed E-state index contributed by atoms with van der Waals surface area (Å²) in [4.78, 5) is 4.22. The summed E-state index contributed by atoms with van der Waals surface area (Å²) >= 11 is 12.1. The van der Waals surface area contributed by atoms with Crippen molar-refractivity contribution in [1.29, 1.82) is 0 Å². The lowest BCUT2D eigenvalue weighted by Crippen LogP contribution is -2.39. The van der Waals surface area contributed by atoms with Gasteiger partial charge in [0, 0.05) is 25.6 Å². The van der Waals surface area contributed by atoms with Crippen LogP contribution in [0.4, 0.5) is 0 Å². The Morgan fingerprint density at radius 3 is 2.73 bits per heavy atom. The Morgan fingerprint density at radius 1 is 1.23 bits per heavy atom. The van der Waals surface area contributed by atoms with Crippen LogP contribution >= 0.6 is 23.2 Å². The summed E-state index contributed by atoms with van der Waals surface area (Å²) in [6, 6.07) is 5.30. The highest BCUT2D eigenvalue weighted by Gasteiger charge is 2.13. The Labute approximate surface area is 163 Å². The smallest absolute Gasteiger partial charge is 0.191 e. The summed E-state index contributed by atoms with van der Waals surface area (Å²) in [6.07, 6.45) is 1.64. The van der Waals surface area contributed by atoms with Crippen molar-refractivity contribution in [1.82, 2.24) is 15.8 Å². The number of hydrogen-bond acceptors (Lipinski definition) is 4. The highest BCUT2D eigenvalue weighted by Crippen LogP contribution is 2.31. The van der Waals surface area contributed by atoms with Crippen molar-refractivity contribution in [2.24, 2.45) is 4.99 Å². The molecular weight excluding hydrogens is 375 g/mol. The lowest BCUT2D eigenvalue weighted by Gasteiger charge is -2.13. The van der Waals surface area contributed by atoms with Gasteiger partial charge in [0.05, 0.1) is 17.3 Å². The van der Waals surface area contributed by atoms with E-state index >= 15 is 0 Å². The first kappa shape index (κ1) is 20.4. The minimum absolute atomic E-state index is 0.420. The van der Waals surface area contributed by atoms with Crippen molar-refractivity contribution in [2.45, 2.75) is 33.2 Å². The molecule has 0 aliphatic carbocycles. The number of nitrogens with one attached hydrogen (secondary N) is 2. The molecular formula is C18H24Cl2N4O2. The van der Waals surface area contributed by atoms with E-state index in [0.29, 0.717) is 41.5 Å². The molecule has 6 nitrogen and oxygen atoms in total. The molecule has 0 aliphatic rings. The number of halogens is 2. The second kappa shape index (κ2) is 10.3. The maximum absolute atomic E-state index is 6.10. The minimum atomic E-state index is 0.420. The largest absolute Gasteiger partial charge is 0.490 e. The van der Waals surface area contributed by atoms with Crippen LogP contribution < -0.4 is 15.4 Å². The van der Waals surface area contributed by atoms with Crippen molar-refractivity contribution in [3.05, 3.63) is 45.3 Å². The van der Waals surface area contributed by atoms with Crippen molar-refractivity contribution in [3.8, 4) is 5.75 Å². The molecule has 1 aromatic carbocycles. The molecule has 0 spiro atoms. The summed E-state index contributed by atoms with van der Waals surface area (Å²) in [7, 11) is 1.72. The molecule has 142 valence electrons. The molecule has 0 amide bonds. The zero-order valence-electron chi connectivity index (χ0n) is 15.2. The van der Waals surface area contributed by atoms with E-state index in [4.69, 9.17) is 32.5 Å². The summed E-state index contributed by atoms with van der Waals surface area (Å²) in [5, 5.41) is 11.5. The van der Waals surface area contributed by atoms with E-state index in [2.05, 4.69) is 34.6 Å². The molecule has 1 aromatic heterocycles. The van der Waals surface area contributed by atoms with Gasteiger partial charge >= 0.3 is 0 Å². The number of hydrogen-bond donors (Lipinski definition) is 2. The van der Waals surface area contributed by atoms with Crippen molar-refractivity contribution in [3.63, 3.8) is 0 Å². The molecule has 1 heterocycles. The third-order valence-corrected chi connectivity index (χ3v) is 4.63. The number of aliphatic imine (C=N–C) groups is 1. The van der Waals surface area contributed by atoms with Crippen LogP contribution in [-0.4, -0.2) is 31.3 Å². The van der Waals surface area contributed by atoms with E-state index in [1.54, 1.807) is 25.2 Å². The van der Waals surface area contributed by atoms with Crippen molar-refractivity contribution < 1.29 is 9.26 Å². The van der Waals surface area contributed by atoms with Crippen LogP contribution in [0.3, 0.4) is 0 Å². The third-order valence-electron chi connectivity index (χ3n) is 3.83. The van der Waals surface area contributed by atoms with Gasteiger partial charge in [0.1, 0.15) is 23.1 Å². The third kappa shape index (κ3) is 5.29. The van der Waals surface area contributed by atoms with E-state index in [-0.39, 0.29) is 0 Å². The topological polar surface area (TPSA) is 71.7 Å². The molecule has 2 aromatic rings. The standard InChI is InChI=1S/C18H24Cl2N4O2/c1-4-14-12(15(5-2)26-24-14)11-23-18(21-3)22-9-10-25-16-8-6-7-13(19)17(16)20/h6-8H,4-5,9-11H2,1-3H3,(H2,21,22,23). The Balaban J connectivity index is 1.81. The van der Waals surface area contributed by atoms with Crippen LogP contribution in [0, 0.1) is 0 Å². The van der Waals surface area contributed by atoms with Crippen LogP contribution in [-0.2, 0) is 19.4 Å². The Kier molecular flexibility index (Phi) is 8.06. The lowest BCUT2D eigenvalue weighted by atomic mass is 10.1. The Bertz CT molecular complexity index is 725. The van der Waals surface area contributed by atoms with Gasteiger partial charge in [-0.15, -0.1) is 0 Å². The summed E-state index contributed by atoms with van der Waals surface area (Å²) in [5.74, 6) is 2.15. The molecule has 2 N–H and O–H groups in total. The monoisotopic (exact) mass is 398 g/mol. The minimum Gasteiger partial charge on any atom is -0.490 e. The first-order valence-electron chi connectivity index (χ1n) is 8.58. The summed E-state index contributed by atoms with van der Waals surface area (Å²) in [6.45, 7) is 5.71. The molecule has 0 aliphatic heterocycles. The highest BCUT2D eigenvalue weighted by atomic mass is 35.5. The van der Waals surface area contributed by atoms with Gasteiger partial charge in [-0.1, -0.05) is 48.3 Å². The van der Waals surface area contributed by atoms with Gasteiger partial charge in [0.15, 0.2) is 5.96 Å². The quantitative estimate of drug-likeness (QED) is 0.401. The molecule has 2 rings (SSSR count). The SMILES string of the molecule is CCc1noc(CC)c1CNC(=NC)NCCOc1cccc(Cl)c1Cl. The van der Waals surface area contributed by atoms with Crippen LogP contribution in [0.1, 0.15) is 30.9 Å². The van der Waals surface area contributed by atoms with E-state index in [0.717, 1.165) is 29.9 Å². The fourth-order valence-corrected chi connectivity index (χ4v) is 2.80. The van der Waals surface area contributed by atoms with Crippen LogP contribution in [0.25, 0.3) is 0 Å². The fourth-order valence-electron chi connectivity index (χ4n) is 2.46. The molecule has 0 saturated heterocycles. The van der Waals surface area contributed by atoms with Gasteiger partial charge in [0.2, 0.25) is 0 Å². The molecule has 0 unspecified atom stereocenters. The van der Waals surface area contributed by atoms with E-state index in [9.17, 15) is 0 Å². The van der Waals surface area contributed by atoms with E-state index < -0.39 is 0 Å². The van der Waals surface area contributed by atoms with Crippen molar-refractivity contribution in [2.75, 3.05) is 20.2 Å². The number of aromatic nitrogens is 1. The lowest BCUT2D eigenvalue weighted by molar-refractivity contribution is 0.322. The Hall–Kier alpha value is -1.92. The zero-order valence-corrected chi connectivity index (χ0v) is 16.7. The van der Waals surface area contributed by atoms with Gasteiger partial charge in [-0.2, -0.15) is 0 Å². The fraction of sp³-hybridized carbons (Fsp3) is 0.444. The number of guanidine groups is 1. The summed E-state index contributed by atoms with van der Waals surface area (Å²) in [5.41, 5.74) is 2.07. The van der Waals surface area contributed by atoms with Gasteiger partial charge in [-0.05, 0) is 18.6 Å². The van der Waals surface area contributed by atoms with Gasteiger partial charge < -0.3 is 19.9 Å². The van der Waals surface area contributed by atoms with E-state index in [1.165, 1.54) is 0 Å². The average molecular weight is 399 g/mol. The molecule has 26 heavy (non-hydrogen) atoms. The predicted octanol–water partition coefficient (Wildman–Crippen LogP) is 3.85.